The van der Waals surface area contributed by atoms with E-state index in [2.05, 4.69) is 6.92 Å². The molecule has 0 spiro atoms. The summed E-state index contributed by atoms with van der Waals surface area (Å²) < 4.78 is 40.7. The zero-order valence-corrected chi connectivity index (χ0v) is 15.0. The average molecular weight is 366 g/mol. The highest BCUT2D eigenvalue weighted by Gasteiger charge is 2.21. The Labute approximate surface area is 157 Å². The highest BCUT2D eigenvalue weighted by Crippen LogP contribution is 2.32. The third-order valence-electron chi connectivity index (χ3n) is 4.73. The predicted octanol–water partition coefficient (Wildman–Crippen LogP) is 5.98. The molecule has 27 heavy (non-hydrogen) atoms. The van der Waals surface area contributed by atoms with Crippen LogP contribution >= 0.6 is 0 Å². The van der Waals surface area contributed by atoms with Gasteiger partial charge < -0.3 is 9.47 Å². The third kappa shape index (κ3) is 3.64. The predicted molar refractivity (Wildman–Crippen MR) is 101 cm³/mol. The molecule has 0 N–H and O–H groups in total. The molecule has 0 bridgehead atoms. The fourth-order valence-electron chi connectivity index (χ4n) is 3.22. The molecule has 0 unspecified atom stereocenters. The highest BCUT2D eigenvalue weighted by atomic mass is 19.2. The molecule has 1 heterocycles. The van der Waals surface area contributed by atoms with Crippen LogP contribution in [0.3, 0.4) is 0 Å². The fraction of sp³-hybridized carbons (Fsp3) is 0.217. The first-order valence-corrected chi connectivity index (χ1v) is 9.00. The second kappa shape index (κ2) is 7.59. The van der Waals surface area contributed by atoms with Gasteiger partial charge in [0.15, 0.2) is 17.9 Å². The van der Waals surface area contributed by atoms with E-state index in [-0.39, 0.29) is 11.1 Å². The summed E-state index contributed by atoms with van der Waals surface area (Å²) in [6, 6.07) is 19.4. The van der Waals surface area contributed by atoms with Crippen LogP contribution in [-0.4, -0.2) is 13.2 Å². The fourth-order valence-corrected chi connectivity index (χ4v) is 3.22. The largest absolute Gasteiger partial charge is 0.348 e. The van der Waals surface area contributed by atoms with Crippen molar-refractivity contribution in [3.63, 3.8) is 0 Å². The first-order valence-electron chi connectivity index (χ1n) is 9.00. The molecule has 1 aliphatic heterocycles. The van der Waals surface area contributed by atoms with Crippen LogP contribution in [-0.2, 0) is 9.47 Å². The highest BCUT2D eigenvalue weighted by molar-refractivity contribution is 5.71. The van der Waals surface area contributed by atoms with E-state index in [0.717, 1.165) is 5.56 Å². The van der Waals surface area contributed by atoms with Crippen molar-refractivity contribution in [3.8, 4) is 22.3 Å². The SMILES string of the molecule is CC1COC(c2ccc(-c3ccc(-c4ccccc4)c(F)c3F)cc2)OC1. The lowest BCUT2D eigenvalue weighted by atomic mass is 9.98. The molecule has 1 aliphatic rings. The van der Waals surface area contributed by atoms with E-state index in [1.807, 2.05) is 18.2 Å². The molecular weight excluding hydrogens is 346 g/mol. The lowest BCUT2D eigenvalue weighted by Gasteiger charge is -2.27. The molecule has 2 nitrogen and oxygen atoms in total. The van der Waals surface area contributed by atoms with E-state index in [4.69, 9.17) is 9.47 Å². The van der Waals surface area contributed by atoms with Crippen molar-refractivity contribution in [1.29, 1.82) is 0 Å². The maximum atomic E-state index is 14.7. The number of rotatable bonds is 3. The summed E-state index contributed by atoms with van der Waals surface area (Å²) in [5, 5.41) is 0. The molecule has 0 aliphatic carbocycles. The van der Waals surface area contributed by atoms with Gasteiger partial charge in [0, 0.05) is 22.6 Å². The molecule has 0 atom stereocenters. The maximum absolute atomic E-state index is 14.7. The second-order valence-electron chi connectivity index (χ2n) is 6.88. The first-order chi connectivity index (χ1) is 13.1. The second-order valence-corrected chi connectivity index (χ2v) is 6.88. The molecule has 1 saturated heterocycles. The smallest absolute Gasteiger partial charge is 0.183 e. The first kappa shape index (κ1) is 17.8. The van der Waals surface area contributed by atoms with E-state index >= 15 is 0 Å². The van der Waals surface area contributed by atoms with Crippen LogP contribution in [0, 0.1) is 17.6 Å². The van der Waals surface area contributed by atoms with Gasteiger partial charge in [0.1, 0.15) is 0 Å². The molecule has 3 aromatic rings. The Bertz CT molecular complexity index is 915. The molecule has 138 valence electrons. The molecule has 4 rings (SSSR count). The van der Waals surface area contributed by atoms with Crippen LogP contribution in [0.4, 0.5) is 8.78 Å². The van der Waals surface area contributed by atoms with E-state index in [9.17, 15) is 8.78 Å². The Morgan fingerprint density at radius 1 is 0.704 bits per heavy atom. The van der Waals surface area contributed by atoms with E-state index in [1.165, 1.54) is 0 Å². The Balaban J connectivity index is 1.61. The topological polar surface area (TPSA) is 18.5 Å². The van der Waals surface area contributed by atoms with E-state index in [0.29, 0.717) is 30.3 Å². The number of hydrogen-bond acceptors (Lipinski definition) is 2. The summed E-state index contributed by atoms with van der Waals surface area (Å²) in [5.41, 5.74) is 2.62. The Morgan fingerprint density at radius 2 is 1.22 bits per heavy atom. The zero-order valence-electron chi connectivity index (χ0n) is 15.0. The Hall–Kier alpha value is -2.56. The zero-order chi connectivity index (χ0) is 18.8. The van der Waals surface area contributed by atoms with Crippen LogP contribution in [0.1, 0.15) is 18.8 Å². The summed E-state index contributed by atoms with van der Waals surface area (Å²) >= 11 is 0. The van der Waals surface area contributed by atoms with Gasteiger partial charge >= 0.3 is 0 Å². The van der Waals surface area contributed by atoms with Crippen molar-refractivity contribution in [1.82, 2.24) is 0 Å². The van der Waals surface area contributed by atoms with Gasteiger partial charge in [-0.15, -0.1) is 0 Å². The number of ether oxygens (including phenoxy) is 2. The van der Waals surface area contributed by atoms with Crippen LogP contribution in [0.25, 0.3) is 22.3 Å². The van der Waals surface area contributed by atoms with E-state index in [1.54, 1.807) is 48.5 Å². The summed E-state index contributed by atoms with van der Waals surface area (Å²) in [6.45, 7) is 3.36. The van der Waals surface area contributed by atoms with Crippen molar-refractivity contribution in [2.75, 3.05) is 13.2 Å². The molecule has 1 fully saturated rings. The van der Waals surface area contributed by atoms with Crippen molar-refractivity contribution in [3.05, 3.63) is 83.9 Å². The summed E-state index contributed by atoms with van der Waals surface area (Å²) in [4.78, 5) is 0. The minimum Gasteiger partial charge on any atom is -0.348 e. The van der Waals surface area contributed by atoms with Gasteiger partial charge in [0.05, 0.1) is 13.2 Å². The van der Waals surface area contributed by atoms with Gasteiger partial charge in [0.2, 0.25) is 0 Å². The summed E-state index contributed by atoms with van der Waals surface area (Å²) in [5.74, 6) is -1.31. The van der Waals surface area contributed by atoms with Crippen LogP contribution in [0.5, 0.6) is 0 Å². The van der Waals surface area contributed by atoms with Gasteiger partial charge in [-0.2, -0.15) is 0 Å². The summed E-state index contributed by atoms with van der Waals surface area (Å²) in [6.07, 6.45) is -0.405. The molecule has 3 aromatic carbocycles. The number of halogens is 2. The Morgan fingerprint density at radius 3 is 1.78 bits per heavy atom. The van der Waals surface area contributed by atoms with Gasteiger partial charge in [-0.25, -0.2) is 8.78 Å². The van der Waals surface area contributed by atoms with Gasteiger partial charge in [-0.05, 0) is 11.1 Å². The molecule has 0 saturated carbocycles. The maximum Gasteiger partial charge on any atom is 0.183 e. The van der Waals surface area contributed by atoms with Crippen LogP contribution in [0.2, 0.25) is 0 Å². The van der Waals surface area contributed by atoms with Crippen molar-refractivity contribution >= 4 is 0 Å². The van der Waals surface area contributed by atoms with Crippen molar-refractivity contribution in [2.45, 2.75) is 13.2 Å². The normalized spacial score (nSPS) is 19.8. The minimum atomic E-state index is -0.844. The molecule has 0 amide bonds. The monoisotopic (exact) mass is 366 g/mol. The van der Waals surface area contributed by atoms with Gasteiger partial charge in [0.25, 0.3) is 0 Å². The van der Waals surface area contributed by atoms with Gasteiger partial charge in [-0.1, -0.05) is 73.7 Å². The van der Waals surface area contributed by atoms with Crippen molar-refractivity contribution in [2.24, 2.45) is 5.92 Å². The van der Waals surface area contributed by atoms with Crippen LogP contribution in [0.15, 0.2) is 66.7 Å². The molecular formula is C23H20F2O2. The third-order valence-corrected chi connectivity index (χ3v) is 4.73. The lowest BCUT2D eigenvalue weighted by Crippen LogP contribution is -2.24. The van der Waals surface area contributed by atoms with E-state index < -0.39 is 17.9 Å². The molecule has 0 radical (unpaired) electrons. The number of benzene rings is 3. The Kier molecular flexibility index (Phi) is 5.01. The van der Waals surface area contributed by atoms with Crippen LogP contribution < -0.4 is 0 Å². The molecule has 4 heteroatoms. The average Bonchev–Trinajstić information content (AvgIpc) is 2.71. The quantitative estimate of drug-likeness (QED) is 0.568. The number of hydrogen-bond donors (Lipinski definition) is 0. The van der Waals surface area contributed by atoms with Crippen molar-refractivity contribution < 1.29 is 18.3 Å². The standard InChI is InChI=1S/C23H20F2O2/c1-15-13-26-23(27-14-15)18-9-7-17(8-10-18)20-12-11-19(21(24)22(20)25)16-5-3-2-4-6-16/h2-12,15,23H,13-14H2,1H3. The lowest BCUT2D eigenvalue weighted by molar-refractivity contribution is -0.202. The minimum absolute atomic E-state index is 0.234. The summed E-state index contributed by atoms with van der Waals surface area (Å²) in [7, 11) is 0. The molecule has 0 aromatic heterocycles. The van der Waals surface area contributed by atoms with Gasteiger partial charge in [-0.3, -0.25) is 0 Å².